The molecule has 1 amide bonds. The van der Waals surface area contributed by atoms with E-state index in [9.17, 15) is 9.59 Å². The molecule has 11 heteroatoms. The molecule has 0 saturated carbocycles. The van der Waals surface area contributed by atoms with Gasteiger partial charge in [-0.2, -0.15) is 0 Å². The fraction of sp³-hybridized carbons (Fsp3) is 0.222. The van der Waals surface area contributed by atoms with Crippen LogP contribution in [-0.4, -0.2) is 50.9 Å². The van der Waals surface area contributed by atoms with Crippen LogP contribution in [0.15, 0.2) is 24.3 Å². The maximum absolute atomic E-state index is 12.3. The van der Waals surface area contributed by atoms with Crippen LogP contribution in [0, 0.1) is 5.41 Å². The van der Waals surface area contributed by atoms with Gasteiger partial charge in [-0.25, -0.2) is 15.0 Å². The molecule has 0 fully saturated rings. The summed E-state index contributed by atoms with van der Waals surface area (Å²) in [5, 5.41) is 10.0. The molecular formula is C18H20N8O3. The Morgan fingerprint density at radius 3 is 2.52 bits per heavy atom. The van der Waals surface area contributed by atoms with Crippen molar-refractivity contribution in [3.63, 3.8) is 0 Å². The molecule has 6 N–H and O–H groups in total. The van der Waals surface area contributed by atoms with Crippen molar-refractivity contribution in [3.05, 3.63) is 35.7 Å². The van der Waals surface area contributed by atoms with Crippen LogP contribution in [0.4, 0.5) is 5.82 Å². The number of carbonyl (C=O) groups is 2. The summed E-state index contributed by atoms with van der Waals surface area (Å²) < 4.78 is 6.22. The van der Waals surface area contributed by atoms with E-state index in [-0.39, 0.29) is 30.4 Å². The Morgan fingerprint density at radius 2 is 1.90 bits per heavy atom. The Hall–Kier alpha value is -4.02. The second-order valence-corrected chi connectivity index (χ2v) is 6.17. The highest BCUT2D eigenvalue weighted by molar-refractivity contribution is 5.96. The number of imidazole rings is 1. The van der Waals surface area contributed by atoms with Gasteiger partial charge in [0.1, 0.15) is 11.7 Å². The summed E-state index contributed by atoms with van der Waals surface area (Å²) in [6.45, 7) is 0.0892. The molecule has 3 rings (SSSR count). The first-order valence-electron chi connectivity index (χ1n) is 8.61. The maximum atomic E-state index is 12.3. The summed E-state index contributed by atoms with van der Waals surface area (Å²) >= 11 is 0. The van der Waals surface area contributed by atoms with Crippen LogP contribution >= 0.6 is 0 Å². The summed E-state index contributed by atoms with van der Waals surface area (Å²) in [5.74, 6) is -0.514. The lowest BCUT2D eigenvalue weighted by molar-refractivity contribution is -0.140. The largest absolute Gasteiger partial charge is 0.469 e. The number of carbonyl (C=O) groups excluding carboxylic acids is 2. The molecule has 0 radical (unpaired) electrons. The highest BCUT2D eigenvalue weighted by Crippen LogP contribution is 2.25. The van der Waals surface area contributed by atoms with Gasteiger partial charge in [0.05, 0.1) is 13.5 Å². The number of nitrogens with two attached hydrogens (primary N) is 2. The number of nitrogen functional groups attached to an aromatic ring is 2. The fourth-order valence-electron chi connectivity index (χ4n) is 2.70. The van der Waals surface area contributed by atoms with Gasteiger partial charge in [-0.15, -0.1) is 0 Å². The van der Waals surface area contributed by atoms with E-state index < -0.39 is 11.9 Å². The Bertz CT molecular complexity index is 1100. The molecule has 150 valence electrons. The molecule has 0 aliphatic carbocycles. The molecule has 0 aliphatic heterocycles. The molecule has 11 nitrogen and oxygen atoms in total. The lowest BCUT2D eigenvalue weighted by atomic mass is 10.1. The Labute approximate surface area is 165 Å². The van der Waals surface area contributed by atoms with E-state index >= 15 is 0 Å². The van der Waals surface area contributed by atoms with Gasteiger partial charge < -0.3 is 26.1 Å². The summed E-state index contributed by atoms with van der Waals surface area (Å²) in [6.07, 6.45) is 0.0338. The third kappa shape index (κ3) is 3.98. The minimum atomic E-state index is -0.559. The number of benzene rings is 1. The van der Waals surface area contributed by atoms with E-state index in [1.807, 2.05) is 0 Å². The van der Waals surface area contributed by atoms with Crippen LogP contribution in [-0.2, 0) is 16.6 Å². The molecule has 2 aromatic heterocycles. The van der Waals surface area contributed by atoms with Crippen molar-refractivity contribution in [2.24, 2.45) is 12.8 Å². The van der Waals surface area contributed by atoms with Crippen molar-refractivity contribution in [2.75, 3.05) is 19.4 Å². The second-order valence-electron chi connectivity index (χ2n) is 6.17. The number of ether oxygens (including phenoxy) is 1. The Morgan fingerprint density at radius 1 is 1.21 bits per heavy atom. The van der Waals surface area contributed by atoms with Gasteiger partial charge in [0.2, 0.25) is 5.82 Å². The van der Waals surface area contributed by atoms with Gasteiger partial charge in [0.25, 0.3) is 5.91 Å². The number of fused-ring (bicyclic) bond motifs is 1. The predicted octanol–water partition coefficient (Wildman–Crippen LogP) is 0.189. The molecule has 0 spiro atoms. The highest BCUT2D eigenvalue weighted by atomic mass is 16.5. The number of esters is 1. The third-order valence-electron chi connectivity index (χ3n) is 4.25. The number of rotatable bonds is 6. The van der Waals surface area contributed by atoms with Crippen LogP contribution in [0.3, 0.4) is 0 Å². The van der Waals surface area contributed by atoms with Gasteiger partial charge in [-0.3, -0.25) is 15.0 Å². The minimum absolute atomic E-state index is 0.0282. The summed E-state index contributed by atoms with van der Waals surface area (Å²) in [6, 6.07) is 6.99. The van der Waals surface area contributed by atoms with E-state index in [4.69, 9.17) is 16.9 Å². The van der Waals surface area contributed by atoms with Crippen LogP contribution in [0.2, 0.25) is 0 Å². The van der Waals surface area contributed by atoms with Crippen LogP contribution < -0.4 is 16.8 Å². The number of hydrogen-bond acceptors (Lipinski definition) is 8. The van der Waals surface area contributed by atoms with Gasteiger partial charge in [0, 0.05) is 24.7 Å². The summed E-state index contributed by atoms with van der Waals surface area (Å²) in [7, 11) is 3.02. The molecule has 0 saturated heterocycles. The predicted molar refractivity (Wildman–Crippen MR) is 106 cm³/mol. The lowest BCUT2D eigenvalue weighted by Crippen LogP contribution is -2.28. The van der Waals surface area contributed by atoms with Crippen molar-refractivity contribution in [1.29, 1.82) is 5.41 Å². The Kier molecular flexibility index (Phi) is 5.39. The molecular weight excluding hydrogens is 376 g/mol. The number of methoxy groups -OCH3 is 1. The smallest absolute Gasteiger partial charge is 0.307 e. The highest BCUT2D eigenvalue weighted by Gasteiger charge is 2.19. The van der Waals surface area contributed by atoms with Gasteiger partial charge in [-0.1, -0.05) is 24.3 Å². The molecule has 2 heterocycles. The van der Waals surface area contributed by atoms with E-state index in [0.29, 0.717) is 22.6 Å². The number of aromatic nitrogens is 4. The monoisotopic (exact) mass is 396 g/mol. The maximum Gasteiger partial charge on any atom is 0.307 e. The van der Waals surface area contributed by atoms with Crippen LogP contribution in [0.5, 0.6) is 0 Å². The summed E-state index contributed by atoms with van der Waals surface area (Å²) in [5.41, 5.74) is 13.6. The van der Waals surface area contributed by atoms with Gasteiger partial charge >= 0.3 is 5.97 Å². The second kappa shape index (κ2) is 7.92. The molecule has 0 aliphatic rings. The first kappa shape index (κ1) is 19.7. The summed E-state index contributed by atoms with van der Waals surface area (Å²) in [4.78, 5) is 36.2. The zero-order chi connectivity index (χ0) is 21.1. The number of aryl methyl sites for hydroxylation is 1. The lowest BCUT2D eigenvalue weighted by Gasteiger charge is -2.05. The number of amides is 1. The minimum Gasteiger partial charge on any atom is -0.469 e. The number of anilines is 1. The number of nitrogens with one attached hydrogen (secondary N) is 2. The molecule has 0 bridgehead atoms. The van der Waals surface area contributed by atoms with Gasteiger partial charge in [0.15, 0.2) is 17.0 Å². The Balaban J connectivity index is 1.91. The first-order valence-corrected chi connectivity index (χ1v) is 8.61. The van der Waals surface area contributed by atoms with E-state index in [1.165, 1.54) is 7.11 Å². The van der Waals surface area contributed by atoms with E-state index in [1.54, 1.807) is 35.9 Å². The van der Waals surface area contributed by atoms with Crippen molar-refractivity contribution >= 4 is 34.7 Å². The van der Waals surface area contributed by atoms with Gasteiger partial charge in [-0.05, 0) is 0 Å². The first-order chi connectivity index (χ1) is 13.8. The number of amidine groups is 1. The molecule has 0 atom stereocenters. The molecule has 29 heavy (non-hydrogen) atoms. The SMILES string of the molecule is COC(=O)CCNC(=O)c1nc(N)c2nc(-c3ccc(C(=N)N)cc3)n(C)c2n1. The normalized spacial score (nSPS) is 10.7. The molecule has 0 unspecified atom stereocenters. The molecule has 3 aromatic rings. The third-order valence-corrected chi connectivity index (χ3v) is 4.25. The topological polar surface area (TPSA) is 175 Å². The van der Waals surface area contributed by atoms with Crippen molar-refractivity contribution in [3.8, 4) is 11.4 Å². The average molecular weight is 396 g/mol. The number of hydrogen-bond donors (Lipinski definition) is 4. The van der Waals surface area contributed by atoms with Crippen molar-refractivity contribution in [1.82, 2.24) is 24.8 Å². The van der Waals surface area contributed by atoms with Crippen molar-refractivity contribution in [2.45, 2.75) is 6.42 Å². The standard InChI is InChI=1S/C18H20N8O3/c1-26-16(10-5-3-9(4-6-10)13(19)20)23-12-14(21)24-15(25-17(12)26)18(28)22-8-7-11(27)29-2/h3-6H,7-8H2,1-2H3,(H3,19,20)(H,22,28)(H2,21,24,25). The molecule has 1 aromatic carbocycles. The van der Waals surface area contributed by atoms with Crippen LogP contribution in [0.25, 0.3) is 22.6 Å². The van der Waals surface area contributed by atoms with Crippen LogP contribution in [0.1, 0.15) is 22.6 Å². The average Bonchev–Trinajstić information content (AvgIpc) is 3.05. The quantitative estimate of drug-likeness (QED) is 0.259. The fourth-order valence-corrected chi connectivity index (χ4v) is 2.70. The zero-order valence-electron chi connectivity index (χ0n) is 15.9. The zero-order valence-corrected chi connectivity index (χ0v) is 15.9. The van der Waals surface area contributed by atoms with E-state index in [2.05, 4.69) is 25.0 Å². The van der Waals surface area contributed by atoms with E-state index in [0.717, 1.165) is 5.56 Å². The number of nitrogens with zero attached hydrogens (tertiary/aromatic N) is 4. The van der Waals surface area contributed by atoms with Crippen molar-refractivity contribution < 1.29 is 14.3 Å².